The van der Waals surface area contributed by atoms with Gasteiger partial charge in [-0.15, -0.1) is 0 Å². The van der Waals surface area contributed by atoms with E-state index in [9.17, 15) is 0 Å². The van der Waals surface area contributed by atoms with Crippen LogP contribution in [0.3, 0.4) is 0 Å². The summed E-state index contributed by atoms with van der Waals surface area (Å²) >= 11 is 0. The van der Waals surface area contributed by atoms with Gasteiger partial charge in [-0.2, -0.15) is 0 Å². The summed E-state index contributed by atoms with van der Waals surface area (Å²) in [5, 5.41) is 3.36. The Bertz CT molecular complexity index is 577. The Morgan fingerprint density at radius 3 is 2.74 bits per heavy atom. The summed E-state index contributed by atoms with van der Waals surface area (Å²) in [4.78, 5) is 0. The van der Waals surface area contributed by atoms with E-state index >= 15 is 0 Å². The third-order valence-electron chi connectivity index (χ3n) is 3.56. The molecular weight excluding hydrogens is 234 g/mol. The highest BCUT2D eigenvalue weighted by molar-refractivity contribution is 5.65. The summed E-state index contributed by atoms with van der Waals surface area (Å²) in [6.07, 6.45) is 0. The topological polar surface area (TPSA) is 21.3 Å². The third-order valence-corrected chi connectivity index (χ3v) is 3.56. The summed E-state index contributed by atoms with van der Waals surface area (Å²) in [7, 11) is 0. The first-order valence-corrected chi connectivity index (χ1v) is 6.86. The van der Waals surface area contributed by atoms with Crippen LogP contribution in [0.25, 0.3) is 11.1 Å². The SMILES string of the molecule is CCNCc1cccc(-c2ccc3c(c2)COC3)c1. The molecule has 1 heterocycles. The van der Waals surface area contributed by atoms with Crippen LogP contribution >= 0.6 is 0 Å². The van der Waals surface area contributed by atoms with E-state index in [-0.39, 0.29) is 0 Å². The predicted molar refractivity (Wildman–Crippen MR) is 77.8 cm³/mol. The van der Waals surface area contributed by atoms with Gasteiger partial charge < -0.3 is 10.1 Å². The molecule has 0 bridgehead atoms. The molecule has 0 unspecified atom stereocenters. The molecule has 2 aromatic rings. The van der Waals surface area contributed by atoms with E-state index in [1.165, 1.54) is 27.8 Å². The summed E-state index contributed by atoms with van der Waals surface area (Å²) in [5.41, 5.74) is 6.55. The molecule has 19 heavy (non-hydrogen) atoms. The lowest BCUT2D eigenvalue weighted by atomic mass is 9.99. The van der Waals surface area contributed by atoms with E-state index in [2.05, 4.69) is 54.7 Å². The minimum Gasteiger partial charge on any atom is -0.372 e. The Kier molecular flexibility index (Phi) is 3.62. The van der Waals surface area contributed by atoms with E-state index in [0.29, 0.717) is 0 Å². The highest BCUT2D eigenvalue weighted by Crippen LogP contribution is 2.27. The number of hydrogen-bond donors (Lipinski definition) is 1. The first-order chi connectivity index (χ1) is 9.36. The molecule has 0 radical (unpaired) electrons. The van der Waals surface area contributed by atoms with Gasteiger partial charge in [0.2, 0.25) is 0 Å². The molecule has 98 valence electrons. The molecule has 2 nitrogen and oxygen atoms in total. The first-order valence-electron chi connectivity index (χ1n) is 6.86. The quantitative estimate of drug-likeness (QED) is 0.900. The Labute approximate surface area is 114 Å². The van der Waals surface area contributed by atoms with Crippen LogP contribution in [-0.2, 0) is 24.5 Å². The molecule has 0 aliphatic carbocycles. The summed E-state index contributed by atoms with van der Waals surface area (Å²) in [6.45, 7) is 5.57. The van der Waals surface area contributed by atoms with Gasteiger partial charge in [-0.1, -0.05) is 37.3 Å². The average molecular weight is 253 g/mol. The minimum atomic E-state index is 0.750. The van der Waals surface area contributed by atoms with Gasteiger partial charge >= 0.3 is 0 Å². The Morgan fingerprint density at radius 1 is 1.00 bits per heavy atom. The fraction of sp³-hybridized carbons (Fsp3) is 0.294. The van der Waals surface area contributed by atoms with Crippen molar-refractivity contribution in [1.29, 1.82) is 0 Å². The lowest BCUT2D eigenvalue weighted by molar-refractivity contribution is 0.134. The van der Waals surface area contributed by atoms with Crippen molar-refractivity contribution in [3.63, 3.8) is 0 Å². The fourth-order valence-electron chi connectivity index (χ4n) is 2.48. The number of rotatable bonds is 4. The standard InChI is InChI=1S/C17H19NO/c1-2-18-10-13-4-3-5-14(8-13)15-6-7-16-11-19-12-17(16)9-15/h3-9,18H,2,10-12H2,1H3. The number of ether oxygens (including phenoxy) is 1. The Hall–Kier alpha value is -1.64. The lowest BCUT2D eigenvalue weighted by Crippen LogP contribution is -2.11. The molecule has 1 aliphatic rings. The van der Waals surface area contributed by atoms with E-state index in [0.717, 1.165) is 26.3 Å². The maximum atomic E-state index is 5.47. The minimum absolute atomic E-state index is 0.750. The van der Waals surface area contributed by atoms with Crippen LogP contribution in [0.1, 0.15) is 23.6 Å². The largest absolute Gasteiger partial charge is 0.372 e. The van der Waals surface area contributed by atoms with Crippen molar-refractivity contribution < 1.29 is 4.74 Å². The van der Waals surface area contributed by atoms with Crippen LogP contribution in [-0.4, -0.2) is 6.54 Å². The van der Waals surface area contributed by atoms with Crippen LogP contribution < -0.4 is 5.32 Å². The highest BCUT2D eigenvalue weighted by atomic mass is 16.5. The molecule has 0 saturated heterocycles. The van der Waals surface area contributed by atoms with Gasteiger partial charge in [-0.3, -0.25) is 0 Å². The van der Waals surface area contributed by atoms with E-state index in [1.54, 1.807) is 0 Å². The second-order valence-corrected chi connectivity index (χ2v) is 4.96. The smallest absolute Gasteiger partial charge is 0.0725 e. The normalized spacial score (nSPS) is 13.5. The molecule has 1 aliphatic heterocycles. The average Bonchev–Trinajstić information content (AvgIpc) is 2.92. The molecule has 0 atom stereocenters. The molecule has 1 N–H and O–H groups in total. The molecule has 2 aromatic carbocycles. The van der Waals surface area contributed by atoms with Crippen molar-refractivity contribution in [2.45, 2.75) is 26.7 Å². The molecule has 0 amide bonds. The summed E-state index contributed by atoms with van der Waals surface area (Å²) in [5.74, 6) is 0. The molecular formula is C17H19NO. The van der Waals surface area contributed by atoms with Crippen molar-refractivity contribution in [1.82, 2.24) is 5.32 Å². The molecule has 0 spiro atoms. The van der Waals surface area contributed by atoms with E-state index in [1.807, 2.05) is 0 Å². The molecule has 3 rings (SSSR count). The predicted octanol–water partition coefficient (Wildman–Crippen LogP) is 3.49. The fourth-order valence-corrected chi connectivity index (χ4v) is 2.48. The molecule has 0 saturated carbocycles. The summed E-state index contributed by atoms with van der Waals surface area (Å²) in [6, 6.07) is 15.4. The van der Waals surface area contributed by atoms with Crippen LogP contribution in [0.5, 0.6) is 0 Å². The van der Waals surface area contributed by atoms with Gasteiger partial charge in [0.25, 0.3) is 0 Å². The van der Waals surface area contributed by atoms with Gasteiger partial charge in [-0.05, 0) is 46.5 Å². The van der Waals surface area contributed by atoms with Crippen LogP contribution in [0.4, 0.5) is 0 Å². The zero-order valence-electron chi connectivity index (χ0n) is 11.3. The number of hydrogen-bond acceptors (Lipinski definition) is 2. The van der Waals surface area contributed by atoms with Crippen molar-refractivity contribution in [3.8, 4) is 11.1 Å². The molecule has 2 heteroatoms. The van der Waals surface area contributed by atoms with Gasteiger partial charge in [0, 0.05) is 6.54 Å². The van der Waals surface area contributed by atoms with E-state index in [4.69, 9.17) is 4.74 Å². The van der Waals surface area contributed by atoms with Crippen LogP contribution in [0, 0.1) is 0 Å². The van der Waals surface area contributed by atoms with Gasteiger partial charge in [0.1, 0.15) is 0 Å². The molecule has 0 aromatic heterocycles. The zero-order chi connectivity index (χ0) is 13.1. The van der Waals surface area contributed by atoms with Gasteiger partial charge in [0.15, 0.2) is 0 Å². The van der Waals surface area contributed by atoms with Crippen molar-refractivity contribution in [2.24, 2.45) is 0 Å². The number of benzene rings is 2. The van der Waals surface area contributed by atoms with Gasteiger partial charge in [-0.25, -0.2) is 0 Å². The van der Waals surface area contributed by atoms with Crippen LogP contribution in [0.15, 0.2) is 42.5 Å². The number of fused-ring (bicyclic) bond motifs is 1. The van der Waals surface area contributed by atoms with E-state index < -0.39 is 0 Å². The summed E-state index contributed by atoms with van der Waals surface area (Å²) < 4.78 is 5.47. The maximum absolute atomic E-state index is 5.47. The lowest BCUT2D eigenvalue weighted by Gasteiger charge is -2.07. The van der Waals surface area contributed by atoms with Crippen LogP contribution in [0.2, 0.25) is 0 Å². The highest BCUT2D eigenvalue weighted by Gasteiger charge is 2.11. The third kappa shape index (κ3) is 2.70. The first kappa shape index (κ1) is 12.4. The Balaban J connectivity index is 1.89. The van der Waals surface area contributed by atoms with Gasteiger partial charge in [0.05, 0.1) is 13.2 Å². The zero-order valence-corrected chi connectivity index (χ0v) is 11.3. The molecule has 0 fully saturated rings. The Morgan fingerprint density at radius 2 is 1.84 bits per heavy atom. The second kappa shape index (κ2) is 5.55. The van der Waals surface area contributed by atoms with Crippen molar-refractivity contribution in [2.75, 3.05) is 6.54 Å². The number of nitrogens with one attached hydrogen (secondary N) is 1. The second-order valence-electron chi connectivity index (χ2n) is 4.96. The van der Waals surface area contributed by atoms with Crippen molar-refractivity contribution >= 4 is 0 Å². The monoisotopic (exact) mass is 253 g/mol. The maximum Gasteiger partial charge on any atom is 0.0725 e. The van der Waals surface area contributed by atoms with Crippen molar-refractivity contribution in [3.05, 3.63) is 59.2 Å².